The van der Waals surface area contributed by atoms with Gasteiger partial charge in [0.05, 0.1) is 0 Å². The number of thioether (sulfide) groups is 1. The third kappa shape index (κ3) is 4.66. The highest BCUT2D eigenvalue weighted by atomic mass is 32.2. The van der Waals surface area contributed by atoms with Crippen molar-refractivity contribution in [2.75, 3.05) is 12.3 Å². The molecule has 0 amide bonds. The van der Waals surface area contributed by atoms with Gasteiger partial charge in [-0.3, -0.25) is 0 Å². The maximum Gasteiger partial charge on any atom is 0.276 e. The maximum absolute atomic E-state index is 5.30. The highest BCUT2D eigenvalue weighted by Gasteiger charge is 2.08. The van der Waals surface area contributed by atoms with Crippen LogP contribution in [0.25, 0.3) is 0 Å². The van der Waals surface area contributed by atoms with Crippen molar-refractivity contribution in [3.63, 3.8) is 0 Å². The molecule has 1 N–H and O–H groups in total. The van der Waals surface area contributed by atoms with Crippen LogP contribution in [0.15, 0.2) is 9.64 Å². The Morgan fingerprint density at radius 3 is 2.73 bits per heavy atom. The third-order valence-electron chi connectivity index (χ3n) is 2.09. The fourth-order valence-corrected chi connectivity index (χ4v) is 2.15. The number of aromatic nitrogens is 2. The fraction of sp³-hybridized carbons (Fsp3) is 0.800. The summed E-state index contributed by atoms with van der Waals surface area (Å²) in [7, 11) is 0. The Morgan fingerprint density at radius 1 is 1.40 bits per heavy atom. The third-order valence-corrected chi connectivity index (χ3v) is 3.07. The molecule has 0 saturated heterocycles. The summed E-state index contributed by atoms with van der Waals surface area (Å²) in [5, 5.41) is 11.9. The predicted octanol–water partition coefficient (Wildman–Crippen LogP) is 2.25. The molecule has 1 aromatic heterocycles. The minimum atomic E-state index is 0.530. The van der Waals surface area contributed by atoms with Crippen LogP contribution in [0.1, 0.15) is 32.6 Å². The van der Waals surface area contributed by atoms with E-state index in [9.17, 15) is 0 Å². The summed E-state index contributed by atoms with van der Waals surface area (Å²) in [6.07, 6.45) is 2.29. The molecule has 1 heterocycles. The van der Waals surface area contributed by atoms with Crippen LogP contribution >= 0.6 is 11.8 Å². The Labute approximate surface area is 95.2 Å². The quantitative estimate of drug-likeness (QED) is 0.727. The molecule has 0 fully saturated rings. The highest BCUT2D eigenvalue weighted by molar-refractivity contribution is 7.99. The molecule has 0 saturated carbocycles. The van der Waals surface area contributed by atoms with Gasteiger partial charge in [-0.2, -0.15) is 0 Å². The van der Waals surface area contributed by atoms with Crippen molar-refractivity contribution < 1.29 is 4.42 Å². The molecule has 15 heavy (non-hydrogen) atoms. The zero-order valence-corrected chi connectivity index (χ0v) is 10.4. The molecule has 0 aliphatic heterocycles. The fourth-order valence-electron chi connectivity index (χ4n) is 1.18. The van der Waals surface area contributed by atoms with Crippen LogP contribution in [0, 0.1) is 6.92 Å². The maximum atomic E-state index is 5.30. The monoisotopic (exact) mass is 229 g/mol. The molecule has 0 spiro atoms. The number of hydrogen-bond donors (Lipinski definition) is 1. The summed E-state index contributed by atoms with van der Waals surface area (Å²) in [6, 6.07) is 0.530. The van der Waals surface area contributed by atoms with Gasteiger partial charge in [0.15, 0.2) is 0 Å². The van der Waals surface area contributed by atoms with Crippen molar-refractivity contribution in [1.82, 2.24) is 15.5 Å². The van der Waals surface area contributed by atoms with E-state index < -0.39 is 0 Å². The lowest BCUT2D eigenvalue weighted by molar-refractivity contribution is 0.428. The Hall–Kier alpha value is -0.550. The molecule has 0 aromatic carbocycles. The van der Waals surface area contributed by atoms with Crippen LogP contribution in [-0.4, -0.2) is 28.5 Å². The predicted molar refractivity (Wildman–Crippen MR) is 62.1 cm³/mol. The van der Waals surface area contributed by atoms with Gasteiger partial charge in [-0.1, -0.05) is 25.6 Å². The average molecular weight is 229 g/mol. The minimum absolute atomic E-state index is 0.530. The van der Waals surface area contributed by atoms with Gasteiger partial charge in [-0.05, 0) is 19.4 Å². The van der Waals surface area contributed by atoms with E-state index in [1.807, 2.05) is 6.92 Å². The molecule has 0 aliphatic rings. The Balaban J connectivity index is 2.27. The largest absolute Gasteiger partial charge is 0.416 e. The smallest absolute Gasteiger partial charge is 0.276 e. The van der Waals surface area contributed by atoms with E-state index in [-0.39, 0.29) is 0 Å². The van der Waals surface area contributed by atoms with E-state index in [0.29, 0.717) is 17.2 Å². The van der Waals surface area contributed by atoms with Gasteiger partial charge in [-0.25, -0.2) is 0 Å². The highest BCUT2D eigenvalue weighted by Crippen LogP contribution is 2.17. The van der Waals surface area contributed by atoms with Gasteiger partial charge in [-0.15, -0.1) is 10.2 Å². The Bertz CT molecular complexity index is 277. The summed E-state index contributed by atoms with van der Waals surface area (Å²) in [6.45, 7) is 7.24. The first kappa shape index (κ1) is 12.5. The first-order chi connectivity index (χ1) is 7.26. The summed E-state index contributed by atoms with van der Waals surface area (Å²) >= 11 is 1.62. The second kappa shape index (κ2) is 6.85. The van der Waals surface area contributed by atoms with Crippen LogP contribution in [-0.2, 0) is 0 Å². The first-order valence-electron chi connectivity index (χ1n) is 5.42. The van der Waals surface area contributed by atoms with Gasteiger partial charge in [0.25, 0.3) is 5.22 Å². The van der Waals surface area contributed by atoms with E-state index in [1.165, 1.54) is 6.42 Å². The van der Waals surface area contributed by atoms with Gasteiger partial charge in [0.1, 0.15) is 0 Å². The summed E-state index contributed by atoms with van der Waals surface area (Å²) < 4.78 is 5.30. The number of hydrogen-bond acceptors (Lipinski definition) is 5. The molecule has 0 radical (unpaired) electrons. The van der Waals surface area contributed by atoms with Crippen LogP contribution in [0.3, 0.4) is 0 Å². The summed E-state index contributed by atoms with van der Waals surface area (Å²) in [4.78, 5) is 0. The van der Waals surface area contributed by atoms with Crippen LogP contribution in [0.5, 0.6) is 0 Å². The molecule has 4 nitrogen and oxygen atoms in total. The lowest BCUT2D eigenvalue weighted by Crippen LogP contribution is -2.31. The standard InChI is InChI=1S/C10H19N3OS/c1-4-6-11-9(5-2)7-15-10-13-12-8(3)14-10/h9,11H,4-7H2,1-3H3. The zero-order valence-electron chi connectivity index (χ0n) is 9.62. The summed E-state index contributed by atoms with van der Waals surface area (Å²) in [5.74, 6) is 1.62. The lowest BCUT2D eigenvalue weighted by Gasteiger charge is -2.14. The van der Waals surface area contributed by atoms with E-state index in [4.69, 9.17) is 4.42 Å². The minimum Gasteiger partial charge on any atom is -0.416 e. The van der Waals surface area contributed by atoms with E-state index >= 15 is 0 Å². The molecule has 1 unspecified atom stereocenters. The molecule has 0 bridgehead atoms. The Kier molecular flexibility index (Phi) is 5.71. The number of nitrogens with zero attached hydrogens (tertiary/aromatic N) is 2. The SMILES string of the molecule is CCCNC(CC)CSc1nnc(C)o1. The zero-order chi connectivity index (χ0) is 11.1. The average Bonchev–Trinajstić information content (AvgIpc) is 2.65. The Morgan fingerprint density at radius 2 is 2.20 bits per heavy atom. The van der Waals surface area contributed by atoms with Crippen LogP contribution < -0.4 is 5.32 Å². The van der Waals surface area contributed by atoms with Crippen molar-refractivity contribution in [3.8, 4) is 0 Å². The lowest BCUT2D eigenvalue weighted by atomic mass is 10.2. The first-order valence-corrected chi connectivity index (χ1v) is 6.41. The number of aryl methyl sites for hydroxylation is 1. The van der Waals surface area contributed by atoms with Crippen molar-refractivity contribution >= 4 is 11.8 Å². The molecule has 1 rings (SSSR count). The van der Waals surface area contributed by atoms with Crippen molar-refractivity contribution in [3.05, 3.63) is 5.89 Å². The van der Waals surface area contributed by atoms with Crippen molar-refractivity contribution in [2.24, 2.45) is 0 Å². The van der Waals surface area contributed by atoms with Crippen LogP contribution in [0.2, 0.25) is 0 Å². The van der Waals surface area contributed by atoms with Gasteiger partial charge in [0.2, 0.25) is 5.89 Å². The molecule has 1 atom stereocenters. The molecule has 0 aliphatic carbocycles. The van der Waals surface area contributed by atoms with E-state index in [1.54, 1.807) is 11.8 Å². The van der Waals surface area contributed by atoms with E-state index in [2.05, 4.69) is 29.4 Å². The van der Waals surface area contributed by atoms with Gasteiger partial charge >= 0.3 is 0 Å². The van der Waals surface area contributed by atoms with Gasteiger partial charge in [0, 0.05) is 18.7 Å². The van der Waals surface area contributed by atoms with Crippen molar-refractivity contribution in [2.45, 2.75) is 44.9 Å². The second-order valence-corrected chi connectivity index (χ2v) is 4.43. The number of rotatable bonds is 7. The normalized spacial score (nSPS) is 13.0. The van der Waals surface area contributed by atoms with Crippen LogP contribution in [0.4, 0.5) is 0 Å². The van der Waals surface area contributed by atoms with Crippen molar-refractivity contribution in [1.29, 1.82) is 0 Å². The number of nitrogens with one attached hydrogen (secondary N) is 1. The van der Waals surface area contributed by atoms with E-state index in [0.717, 1.165) is 18.7 Å². The molecular weight excluding hydrogens is 210 g/mol. The molecule has 1 aromatic rings. The van der Waals surface area contributed by atoms with Gasteiger partial charge < -0.3 is 9.73 Å². The molecule has 5 heteroatoms. The second-order valence-electron chi connectivity index (χ2n) is 3.46. The topological polar surface area (TPSA) is 51.0 Å². The molecular formula is C10H19N3OS. The molecule has 86 valence electrons. The summed E-state index contributed by atoms with van der Waals surface area (Å²) in [5.41, 5.74) is 0.